The van der Waals surface area contributed by atoms with Crippen LogP contribution in [0.3, 0.4) is 0 Å². The molecule has 0 aliphatic carbocycles. The predicted molar refractivity (Wildman–Crippen MR) is 157 cm³/mol. The Morgan fingerprint density at radius 2 is 2.02 bits per heavy atom. The fraction of sp³-hybridized carbons (Fsp3) is 0.345. The molecular weight excluding hydrogens is 562 g/mol. The van der Waals surface area contributed by atoms with Gasteiger partial charge in [-0.2, -0.15) is 5.10 Å². The van der Waals surface area contributed by atoms with Gasteiger partial charge in [0.25, 0.3) is 5.56 Å². The van der Waals surface area contributed by atoms with Crippen molar-refractivity contribution in [3.63, 3.8) is 0 Å². The number of halogens is 1. The number of carbonyl (C=O) groups excluding carboxylic acids is 1. The third-order valence-electron chi connectivity index (χ3n) is 7.38. The molecule has 1 aliphatic rings. The number of carboxylic acid groups (broad SMARTS) is 1. The van der Waals surface area contributed by atoms with Crippen LogP contribution in [0.1, 0.15) is 31.2 Å². The number of nitrogens with zero attached hydrogens (tertiary/aromatic N) is 4. The maximum absolute atomic E-state index is 13.1. The van der Waals surface area contributed by atoms with Crippen LogP contribution in [0, 0.1) is 0 Å². The van der Waals surface area contributed by atoms with Crippen molar-refractivity contribution in [3.8, 4) is 28.3 Å². The molecule has 1 saturated heterocycles. The number of nitrogens with one attached hydrogen (secondary N) is 3. The fourth-order valence-electron chi connectivity index (χ4n) is 4.90. The summed E-state index contributed by atoms with van der Waals surface area (Å²) >= 11 is 6.92. The molecule has 1 aromatic carbocycles. The van der Waals surface area contributed by atoms with Gasteiger partial charge in [0.15, 0.2) is 0 Å². The molecular formula is C29H32ClN7O5. The molecule has 1 fully saturated rings. The Balaban J connectivity index is 1.40. The lowest BCUT2D eigenvalue weighted by Crippen LogP contribution is -2.36. The lowest BCUT2D eigenvalue weighted by atomic mass is 10.0. The van der Waals surface area contributed by atoms with Gasteiger partial charge in [-0.25, -0.2) is 9.50 Å². The van der Waals surface area contributed by atoms with Gasteiger partial charge in [-0.1, -0.05) is 35.9 Å². The predicted octanol–water partition coefficient (Wildman–Crippen LogP) is 2.35. The molecule has 4 N–H and O–H groups in total. The monoisotopic (exact) mass is 593 g/mol. The summed E-state index contributed by atoms with van der Waals surface area (Å²) in [5.41, 5.74) is 3.69. The molecule has 4 aromatic rings. The van der Waals surface area contributed by atoms with Crippen LogP contribution in [0.5, 0.6) is 5.88 Å². The SMILES string of the molecule is COc1nc(-c2cccc(-c3cc4c(=O)n(C)c(CN[C@H](C)C(=O)O)nn4c3)c2Cl)ccc1CNC[C@@H]1CCC(=O)N1. The first-order valence-electron chi connectivity index (χ1n) is 13.5. The number of carboxylic acids is 1. The molecule has 13 heteroatoms. The highest BCUT2D eigenvalue weighted by atomic mass is 35.5. The van der Waals surface area contributed by atoms with Crippen LogP contribution in [0.2, 0.25) is 5.02 Å². The van der Waals surface area contributed by atoms with Gasteiger partial charge >= 0.3 is 5.97 Å². The Labute approximate surface area is 246 Å². The zero-order valence-electron chi connectivity index (χ0n) is 23.5. The number of aromatic nitrogens is 4. The quantitative estimate of drug-likeness (QED) is 0.205. The number of amides is 1. The first-order chi connectivity index (χ1) is 20.2. The lowest BCUT2D eigenvalue weighted by Gasteiger charge is -2.14. The number of fused-ring (bicyclic) bond motifs is 1. The number of ether oxygens (including phenoxy) is 1. The zero-order valence-corrected chi connectivity index (χ0v) is 24.2. The third kappa shape index (κ3) is 6.01. The summed E-state index contributed by atoms with van der Waals surface area (Å²) in [7, 11) is 3.17. The van der Waals surface area contributed by atoms with Crippen molar-refractivity contribution in [1.82, 2.24) is 35.1 Å². The van der Waals surface area contributed by atoms with E-state index in [2.05, 4.69) is 21.0 Å². The minimum atomic E-state index is -0.993. The van der Waals surface area contributed by atoms with Gasteiger partial charge in [0, 0.05) is 61.1 Å². The van der Waals surface area contributed by atoms with Crippen LogP contribution in [0.4, 0.5) is 0 Å². The van der Waals surface area contributed by atoms with E-state index >= 15 is 0 Å². The lowest BCUT2D eigenvalue weighted by molar-refractivity contribution is -0.139. The number of methoxy groups -OCH3 is 1. The summed E-state index contributed by atoms with van der Waals surface area (Å²) in [6.07, 6.45) is 3.10. The minimum Gasteiger partial charge on any atom is -0.481 e. The molecule has 42 heavy (non-hydrogen) atoms. The maximum Gasteiger partial charge on any atom is 0.320 e. The zero-order chi connectivity index (χ0) is 30.0. The molecule has 1 amide bonds. The second kappa shape index (κ2) is 12.3. The average molecular weight is 594 g/mol. The summed E-state index contributed by atoms with van der Waals surface area (Å²) in [5.74, 6) is -0.0479. The maximum atomic E-state index is 13.1. The van der Waals surface area contributed by atoms with Gasteiger partial charge in [-0.15, -0.1) is 0 Å². The van der Waals surface area contributed by atoms with E-state index in [4.69, 9.17) is 26.4 Å². The van der Waals surface area contributed by atoms with Gasteiger partial charge in [0.05, 0.1) is 24.4 Å². The van der Waals surface area contributed by atoms with Gasteiger partial charge in [0.2, 0.25) is 11.8 Å². The number of carbonyl (C=O) groups is 2. The van der Waals surface area contributed by atoms with E-state index in [0.717, 1.165) is 12.0 Å². The van der Waals surface area contributed by atoms with E-state index in [1.165, 1.54) is 16.0 Å². The first-order valence-corrected chi connectivity index (χ1v) is 13.9. The number of pyridine rings is 1. The number of aliphatic carboxylic acids is 1. The molecule has 1 aliphatic heterocycles. The van der Waals surface area contributed by atoms with Crippen molar-refractivity contribution < 1.29 is 19.4 Å². The minimum absolute atomic E-state index is 0.0846. The third-order valence-corrected chi connectivity index (χ3v) is 7.79. The molecule has 4 heterocycles. The van der Waals surface area contributed by atoms with Crippen molar-refractivity contribution in [3.05, 3.63) is 69.4 Å². The molecule has 0 saturated carbocycles. The fourth-order valence-corrected chi connectivity index (χ4v) is 5.23. The summed E-state index contributed by atoms with van der Waals surface area (Å²) in [6.45, 7) is 2.82. The molecule has 0 spiro atoms. The van der Waals surface area contributed by atoms with E-state index < -0.39 is 12.0 Å². The van der Waals surface area contributed by atoms with Crippen LogP contribution in [0.25, 0.3) is 27.9 Å². The summed E-state index contributed by atoms with van der Waals surface area (Å²) < 4.78 is 8.46. The number of rotatable bonds is 11. The van der Waals surface area contributed by atoms with E-state index in [1.807, 2.05) is 30.3 Å². The van der Waals surface area contributed by atoms with Crippen molar-refractivity contribution in [2.45, 2.75) is 44.9 Å². The van der Waals surface area contributed by atoms with Crippen LogP contribution in [-0.4, -0.2) is 61.9 Å². The van der Waals surface area contributed by atoms with Crippen molar-refractivity contribution in [2.75, 3.05) is 13.7 Å². The molecule has 0 unspecified atom stereocenters. The van der Waals surface area contributed by atoms with Crippen LogP contribution in [0.15, 0.2) is 47.4 Å². The molecule has 220 valence electrons. The Hall–Kier alpha value is -4.26. The molecule has 0 radical (unpaired) electrons. The van der Waals surface area contributed by atoms with Crippen molar-refractivity contribution in [2.24, 2.45) is 7.05 Å². The second-order valence-corrected chi connectivity index (χ2v) is 10.6. The molecule has 12 nitrogen and oxygen atoms in total. The smallest absolute Gasteiger partial charge is 0.320 e. The van der Waals surface area contributed by atoms with E-state index in [1.54, 1.807) is 26.4 Å². The van der Waals surface area contributed by atoms with Gasteiger partial charge in [-0.3, -0.25) is 24.3 Å². The standard InChI is InChI=1S/C29H32ClN7O5/c1-16(29(40)41)32-14-24-35-37-15-18(11-23(37)28(39)36(24)2)20-5-4-6-21(26(20)30)22-9-7-17(27(34-22)42-3)12-31-13-19-8-10-25(38)33-19/h4-7,9,11,15-16,19,31-32H,8,10,12-14H2,1-3H3,(H,33,38)(H,40,41)/t16-,19+/m1/s1. The van der Waals surface area contributed by atoms with Crippen LogP contribution in [-0.2, 0) is 29.7 Å². The van der Waals surface area contributed by atoms with E-state index in [-0.39, 0.29) is 24.1 Å². The van der Waals surface area contributed by atoms with E-state index in [0.29, 0.717) is 64.1 Å². The Kier molecular flexibility index (Phi) is 8.57. The van der Waals surface area contributed by atoms with Crippen LogP contribution < -0.4 is 26.2 Å². The summed E-state index contributed by atoms with van der Waals surface area (Å²) in [4.78, 5) is 40.4. The molecule has 3 aromatic heterocycles. The molecule has 2 atom stereocenters. The highest BCUT2D eigenvalue weighted by Gasteiger charge is 2.21. The highest BCUT2D eigenvalue weighted by Crippen LogP contribution is 2.37. The number of benzene rings is 1. The summed E-state index contributed by atoms with van der Waals surface area (Å²) in [6, 6.07) is 10.5. The van der Waals surface area contributed by atoms with Crippen molar-refractivity contribution in [1.29, 1.82) is 0 Å². The van der Waals surface area contributed by atoms with Crippen LogP contribution >= 0.6 is 11.6 Å². The molecule has 5 rings (SSSR count). The topological polar surface area (TPSA) is 152 Å². The highest BCUT2D eigenvalue weighted by molar-refractivity contribution is 6.36. The average Bonchev–Trinajstić information content (AvgIpc) is 3.60. The Morgan fingerprint density at radius 1 is 1.24 bits per heavy atom. The van der Waals surface area contributed by atoms with Crippen molar-refractivity contribution >= 4 is 29.0 Å². The van der Waals surface area contributed by atoms with E-state index in [9.17, 15) is 14.4 Å². The number of hydrogen-bond acceptors (Lipinski definition) is 8. The first kappa shape index (κ1) is 29.2. The summed E-state index contributed by atoms with van der Waals surface area (Å²) in [5, 5.41) is 23.3. The van der Waals surface area contributed by atoms with Gasteiger partial charge in [0.1, 0.15) is 17.4 Å². The second-order valence-electron chi connectivity index (χ2n) is 10.2. The normalized spacial score (nSPS) is 15.6. The number of hydrogen-bond donors (Lipinski definition) is 4. The largest absolute Gasteiger partial charge is 0.481 e. The Bertz CT molecular complexity index is 1720. The molecule has 0 bridgehead atoms. The Morgan fingerprint density at radius 3 is 2.74 bits per heavy atom. The van der Waals surface area contributed by atoms with Gasteiger partial charge in [-0.05, 0) is 25.5 Å². The van der Waals surface area contributed by atoms with Gasteiger partial charge < -0.3 is 20.5 Å².